The fourth-order valence-corrected chi connectivity index (χ4v) is 3.90. The van der Waals surface area contributed by atoms with Crippen LogP contribution in [0.2, 0.25) is 0 Å². The molecule has 0 bridgehead atoms. The second-order valence-corrected chi connectivity index (χ2v) is 7.48. The van der Waals surface area contributed by atoms with Gasteiger partial charge in [0.1, 0.15) is 5.82 Å². The molecule has 21 heavy (non-hydrogen) atoms. The summed E-state index contributed by atoms with van der Waals surface area (Å²) in [5.74, 6) is -0.202. The summed E-state index contributed by atoms with van der Waals surface area (Å²) in [7, 11) is 0. The van der Waals surface area contributed by atoms with Crippen molar-refractivity contribution in [2.75, 3.05) is 6.54 Å². The van der Waals surface area contributed by atoms with Crippen LogP contribution in [-0.4, -0.2) is 6.54 Å². The van der Waals surface area contributed by atoms with Gasteiger partial charge in [0, 0.05) is 20.3 Å². The number of hydrogen-bond donors (Lipinski definition) is 1. The first-order valence-electron chi connectivity index (χ1n) is 7.25. The maximum Gasteiger partial charge on any atom is 0.124 e. The fraction of sp³-hybridized carbons (Fsp3) is 0.412. The Bertz CT molecular complexity index is 589. The van der Waals surface area contributed by atoms with Gasteiger partial charge >= 0.3 is 0 Å². The number of hydrogen-bond acceptors (Lipinski definition) is 2. The van der Waals surface area contributed by atoms with Crippen molar-refractivity contribution in [2.45, 2.75) is 39.7 Å². The zero-order valence-electron chi connectivity index (χ0n) is 12.7. The molecular formula is C17H21BrFNS. The molecule has 0 aliphatic heterocycles. The molecule has 114 valence electrons. The molecule has 0 amide bonds. The Hall–Kier alpha value is -0.710. The van der Waals surface area contributed by atoms with Crippen LogP contribution in [0.15, 0.2) is 28.7 Å². The molecule has 1 aromatic carbocycles. The number of benzene rings is 1. The molecule has 1 N–H and O–H groups in total. The lowest BCUT2D eigenvalue weighted by atomic mass is 10.0. The van der Waals surface area contributed by atoms with Crippen LogP contribution in [0.1, 0.15) is 40.3 Å². The summed E-state index contributed by atoms with van der Waals surface area (Å²) < 4.78 is 14.1. The van der Waals surface area contributed by atoms with Crippen LogP contribution < -0.4 is 5.32 Å². The van der Waals surface area contributed by atoms with Crippen molar-refractivity contribution in [2.24, 2.45) is 0 Å². The molecule has 1 unspecified atom stereocenters. The molecule has 0 aliphatic rings. The Morgan fingerprint density at radius 1 is 1.29 bits per heavy atom. The molecule has 1 nitrogen and oxygen atoms in total. The molecule has 4 heteroatoms. The Labute approximate surface area is 138 Å². The van der Waals surface area contributed by atoms with Crippen molar-refractivity contribution in [1.82, 2.24) is 5.32 Å². The molecule has 0 fully saturated rings. The lowest BCUT2D eigenvalue weighted by molar-refractivity contribution is 0.535. The monoisotopic (exact) mass is 369 g/mol. The number of rotatable bonds is 6. The second-order valence-electron chi connectivity index (χ2n) is 5.33. The first-order chi connectivity index (χ1) is 10.0. The van der Waals surface area contributed by atoms with Gasteiger partial charge in [0.15, 0.2) is 0 Å². The molecule has 2 rings (SSSR count). The summed E-state index contributed by atoms with van der Waals surface area (Å²) in [6, 6.07) is 7.49. The van der Waals surface area contributed by atoms with Gasteiger partial charge in [-0.3, -0.25) is 0 Å². The topological polar surface area (TPSA) is 12.0 Å². The zero-order valence-corrected chi connectivity index (χ0v) is 15.1. The quantitative estimate of drug-likeness (QED) is 0.703. The van der Waals surface area contributed by atoms with Crippen LogP contribution in [0.3, 0.4) is 0 Å². The summed E-state index contributed by atoms with van der Waals surface area (Å²) in [5.41, 5.74) is 2.48. The highest BCUT2D eigenvalue weighted by molar-refractivity contribution is 9.10. The minimum atomic E-state index is -0.202. The fourth-order valence-electron chi connectivity index (χ4n) is 2.27. The summed E-state index contributed by atoms with van der Waals surface area (Å²) in [5, 5.41) is 3.61. The van der Waals surface area contributed by atoms with Gasteiger partial charge in [0.25, 0.3) is 0 Å². The van der Waals surface area contributed by atoms with Crippen LogP contribution in [0.5, 0.6) is 0 Å². The molecule has 0 saturated heterocycles. The number of nitrogens with one attached hydrogen (secondary N) is 1. The first kappa shape index (κ1) is 16.7. The van der Waals surface area contributed by atoms with E-state index in [2.05, 4.69) is 48.1 Å². The molecule has 0 aliphatic carbocycles. The van der Waals surface area contributed by atoms with E-state index in [1.54, 1.807) is 0 Å². The Morgan fingerprint density at radius 2 is 2.05 bits per heavy atom. The van der Waals surface area contributed by atoms with Gasteiger partial charge in [-0.25, -0.2) is 4.39 Å². The standard InChI is InChI=1S/C17H21BrFNS/c1-4-7-20-16(17-8-11(2)12(3)21-17)9-13-5-6-14(19)10-15(13)18/h5-6,8,10,16,20H,4,7,9H2,1-3H3. The van der Waals surface area contributed by atoms with Crippen LogP contribution in [0.4, 0.5) is 4.39 Å². The summed E-state index contributed by atoms with van der Waals surface area (Å²) in [4.78, 5) is 2.72. The highest BCUT2D eigenvalue weighted by atomic mass is 79.9. The minimum absolute atomic E-state index is 0.202. The van der Waals surface area contributed by atoms with E-state index in [0.717, 1.165) is 29.4 Å². The third-order valence-electron chi connectivity index (χ3n) is 3.61. The highest BCUT2D eigenvalue weighted by Crippen LogP contribution is 2.30. The summed E-state index contributed by atoms with van der Waals surface area (Å²) in [6.07, 6.45) is 1.96. The van der Waals surface area contributed by atoms with Gasteiger partial charge in [0.05, 0.1) is 0 Å². The molecule has 2 aromatic rings. The van der Waals surface area contributed by atoms with E-state index in [0.29, 0.717) is 0 Å². The van der Waals surface area contributed by atoms with Crippen LogP contribution >= 0.6 is 27.3 Å². The average Bonchev–Trinajstić information content (AvgIpc) is 2.77. The third-order valence-corrected chi connectivity index (χ3v) is 5.61. The third kappa shape index (κ3) is 4.38. The molecule has 1 aromatic heterocycles. The van der Waals surface area contributed by atoms with E-state index >= 15 is 0 Å². The van der Waals surface area contributed by atoms with Gasteiger partial charge in [-0.1, -0.05) is 28.9 Å². The van der Waals surface area contributed by atoms with E-state index in [4.69, 9.17) is 0 Å². The van der Waals surface area contributed by atoms with E-state index in [1.807, 2.05) is 17.4 Å². The Balaban J connectivity index is 2.23. The highest BCUT2D eigenvalue weighted by Gasteiger charge is 2.16. The van der Waals surface area contributed by atoms with Crippen molar-refractivity contribution in [3.8, 4) is 0 Å². The molecule has 1 heterocycles. The van der Waals surface area contributed by atoms with Gasteiger partial charge < -0.3 is 5.32 Å². The van der Waals surface area contributed by atoms with Crippen molar-refractivity contribution in [3.05, 3.63) is 55.4 Å². The van der Waals surface area contributed by atoms with Crippen molar-refractivity contribution < 1.29 is 4.39 Å². The van der Waals surface area contributed by atoms with E-state index in [1.165, 1.54) is 27.5 Å². The van der Waals surface area contributed by atoms with E-state index in [9.17, 15) is 4.39 Å². The smallest absolute Gasteiger partial charge is 0.124 e. The normalized spacial score (nSPS) is 12.6. The maximum absolute atomic E-state index is 13.2. The number of halogens is 2. The SMILES string of the molecule is CCCNC(Cc1ccc(F)cc1Br)c1cc(C)c(C)s1. The Morgan fingerprint density at radius 3 is 2.62 bits per heavy atom. The summed E-state index contributed by atoms with van der Waals surface area (Å²) >= 11 is 5.32. The predicted molar refractivity (Wildman–Crippen MR) is 92.6 cm³/mol. The van der Waals surface area contributed by atoms with E-state index < -0.39 is 0 Å². The number of thiophene rings is 1. The lowest BCUT2D eigenvalue weighted by Gasteiger charge is -2.18. The molecule has 0 spiro atoms. The van der Waals surface area contributed by atoms with Crippen LogP contribution in [0, 0.1) is 19.7 Å². The molecule has 1 atom stereocenters. The van der Waals surface area contributed by atoms with Crippen molar-refractivity contribution >= 4 is 27.3 Å². The Kier molecular flexibility index (Phi) is 5.97. The van der Waals surface area contributed by atoms with Gasteiger partial charge in [0.2, 0.25) is 0 Å². The van der Waals surface area contributed by atoms with E-state index in [-0.39, 0.29) is 11.9 Å². The largest absolute Gasteiger partial charge is 0.309 e. The zero-order chi connectivity index (χ0) is 15.4. The molecule has 0 radical (unpaired) electrons. The average molecular weight is 370 g/mol. The number of aryl methyl sites for hydroxylation is 2. The van der Waals surface area contributed by atoms with Crippen LogP contribution in [-0.2, 0) is 6.42 Å². The van der Waals surface area contributed by atoms with Crippen LogP contribution in [0.25, 0.3) is 0 Å². The van der Waals surface area contributed by atoms with Gasteiger partial charge in [-0.15, -0.1) is 11.3 Å². The van der Waals surface area contributed by atoms with Crippen molar-refractivity contribution in [1.29, 1.82) is 0 Å². The first-order valence-corrected chi connectivity index (χ1v) is 8.86. The molecular weight excluding hydrogens is 349 g/mol. The van der Waals surface area contributed by atoms with Gasteiger partial charge in [-0.05, 0) is 62.6 Å². The minimum Gasteiger partial charge on any atom is -0.309 e. The molecule has 0 saturated carbocycles. The van der Waals surface area contributed by atoms with Gasteiger partial charge in [-0.2, -0.15) is 0 Å². The lowest BCUT2D eigenvalue weighted by Crippen LogP contribution is -2.23. The predicted octanol–water partition coefficient (Wildman–Crippen LogP) is 5.55. The summed E-state index contributed by atoms with van der Waals surface area (Å²) in [6.45, 7) is 7.47. The maximum atomic E-state index is 13.2. The van der Waals surface area contributed by atoms with Crippen molar-refractivity contribution in [3.63, 3.8) is 0 Å². The second kappa shape index (κ2) is 7.52.